The summed E-state index contributed by atoms with van der Waals surface area (Å²) in [5.41, 5.74) is 0.912. The lowest BCUT2D eigenvalue weighted by molar-refractivity contribution is 0.879. The van der Waals surface area contributed by atoms with E-state index >= 15 is 0 Å². The predicted molar refractivity (Wildman–Crippen MR) is 48.6 cm³/mol. The minimum atomic E-state index is -0.134. The van der Waals surface area contributed by atoms with E-state index in [2.05, 4.69) is 15.0 Å². The molecule has 0 saturated heterocycles. The van der Waals surface area contributed by atoms with Crippen LogP contribution in [0.3, 0.4) is 0 Å². The summed E-state index contributed by atoms with van der Waals surface area (Å²) in [4.78, 5) is 22.4. The van der Waals surface area contributed by atoms with E-state index in [9.17, 15) is 4.79 Å². The van der Waals surface area contributed by atoms with Crippen molar-refractivity contribution >= 4 is 11.2 Å². The zero-order valence-electron chi connectivity index (χ0n) is 7.75. The molecule has 1 N–H and O–H groups in total. The lowest BCUT2D eigenvalue weighted by Crippen LogP contribution is -2.12. The van der Waals surface area contributed by atoms with Crippen LogP contribution in [0.4, 0.5) is 0 Å². The van der Waals surface area contributed by atoms with Crippen LogP contribution in [0.1, 0.15) is 11.6 Å². The number of hydrogen-bond donors (Lipinski definition) is 1. The number of hydrogen-bond acceptors (Lipinski definition) is 3. The van der Waals surface area contributed by atoms with Gasteiger partial charge in [-0.3, -0.25) is 4.79 Å². The maximum absolute atomic E-state index is 11.5. The van der Waals surface area contributed by atoms with Gasteiger partial charge in [-0.1, -0.05) is 0 Å². The zero-order chi connectivity index (χ0) is 9.59. The second-order valence-corrected chi connectivity index (χ2v) is 3.04. The van der Waals surface area contributed by atoms with Crippen molar-refractivity contribution in [1.29, 1.82) is 0 Å². The van der Waals surface area contributed by atoms with E-state index in [0.717, 1.165) is 5.82 Å². The summed E-state index contributed by atoms with van der Waals surface area (Å²) in [5.74, 6) is 1.38. The largest absolute Gasteiger partial charge is 0.325 e. The van der Waals surface area contributed by atoms with Gasteiger partial charge in [-0.15, -0.1) is 0 Å². The molecule has 0 aromatic carbocycles. The van der Waals surface area contributed by atoms with Crippen LogP contribution < -0.4 is 5.56 Å². The van der Waals surface area contributed by atoms with Crippen LogP contribution in [0.2, 0.25) is 0 Å². The summed E-state index contributed by atoms with van der Waals surface area (Å²) in [5, 5.41) is 0. The fourth-order valence-electron chi connectivity index (χ4n) is 1.34. The van der Waals surface area contributed by atoms with E-state index in [1.165, 1.54) is 0 Å². The highest BCUT2D eigenvalue weighted by molar-refractivity contribution is 5.70. The Kier molecular flexibility index (Phi) is 1.48. The second kappa shape index (κ2) is 2.42. The minimum absolute atomic E-state index is 0.134. The average molecular weight is 178 g/mol. The van der Waals surface area contributed by atoms with Crippen LogP contribution in [-0.4, -0.2) is 19.5 Å². The van der Waals surface area contributed by atoms with E-state index < -0.39 is 0 Å². The van der Waals surface area contributed by atoms with E-state index in [0.29, 0.717) is 17.0 Å². The van der Waals surface area contributed by atoms with E-state index in [1.807, 2.05) is 6.92 Å². The number of rotatable bonds is 0. The van der Waals surface area contributed by atoms with Gasteiger partial charge < -0.3 is 9.55 Å². The molecule has 0 unspecified atom stereocenters. The van der Waals surface area contributed by atoms with E-state index in [-0.39, 0.29) is 5.56 Å². The summed E-state index contributed by atoms with van der Waals surface area (Å²) in [6, 6.07) is 0. The lowest BCUT2D eigenvalue weighted by Gasteiger charge is -1.94. The van der Waals surface area contributed by atoms with Gasteiger partial charge in [0.1, 0.15) is 11.6 Å². The summed E-state index contributed by atoms with van der Waals surface area (Å²) < 4.78 is 1.74. The molecule has 2 aromatic rings. The van der Waals surface area contributed by atoms with Crippen molar-refractivity contribution in [2.45, 2.75) is 13.8 Å². The molecule has 0 bridgehead atoms. The Morgan fingerprint density at radius 3 is 2.69 bits per heavy atom. The molecule has 0 radical (unpaired) electrons. The van der Waals surface area contributed by atoms with E-state index in [1.54, 1.807) is 18.5 Å². The fraction of sp³-hybridized carbons (Fsp3) is 0.375. The maximum Gasteiger partial charge on any atom is 0.277 e. The first kappa shape index (κ1) is 7.97. The lowest BCUT2D eigenvalue weighted by atomic mass is 10.5. The normalized spacial score (nSPS) is 11.0. The monoisotopic (exact) mass is 178 g/mol. The molecule has 13 heavy (non-hydrogen) atoms. The number of nitrogens with one attached hydrogen (secondary N) is 1. The Hall–Kier alpha value is -1.65. The van der Waals surface area contributed by atoms with Crippen LogP contribution in [-0.2, 0) is 7.05 Å². The molecule has 0 saturated carbocycles. The van der Waals surface area contributed by atoms with Gasteiger partial charge in [0.15, 0.2) is 11.2 Å². The topological polar surface area (TPSA) is 63.6 Å². The van der Waals surface area contributed by atoms with Crippen molar-refractivity contribution in [3.05, 3.63) is 22.0 Å². The van der Waals surface area contributed by atoms with E-state index in [4.69, 9.17) is 0 Å². The molecular formula is C8H10N4O. The maximum atomic E-state index is 11.5. The van der Waals surface area contributed by atoms with Gasteiger partial charge in [0.05, 0.1) is 0 Å². The molecule has 2 heterocycles. The first-order valence-electron chi connectivity index (χ1n) is 3.99. The second-order valence-electron chi connectivity index (χ2n) is 3.04. The molecule has 0 aliphatic heterocycles. The third-order valence-corrected chi connectivity index (χ3v) is 2.08. The number of aryl methyl sites for hydroxylation is 3. The highest BCUT2D eigenvalue weighted by atomic mass is 16.1. The number of aromatic amines is 1. The standard InChI is InChI=1S/C8H10N4O/c1-4-9-7-6(8(13)10-4)12(3)5(2)11-7/h1-3H3,(H,9,10,13). The third-order valence-electron chi connectivity index (χ3n) is 2.08. The van der Waals surface area contributed by atoms with Gasteiger partial charge in [-0.25, -0.2) is 9.97 Å². The Morgan fingerprint density at radius 2 is 2.00 bits per heavy atom. The molecule has 5 nitrogen and oxygen atoms in total. The Bertz CT molecular complexity index is 523. The summed E-state index contributed by atoms with van der Waals surface area (Å²) in [6.07, 6.45) is 0. The summed E-state index contributed by atoms with van der Waals surface area (Å²) >= 11 is 0. The first-order chi connectivity index (χ1) is 6.09. The molecule has 0 spiro atoms. The smallest absolute Gasteiger partial charge is 0.277 e. The Labute approximate surface area is 74.4 Å². The van der Waals surface area contributed by atoms with Crippen molar-refractivity contribution in [2.75, 3.05) is 0 Å². The van der Waals surface area contributed by atoms with Gasteiger partial charge in [0.25, 0.3) is 5.56 Å². The fourth-order valence-corrected chi connectivity index (χ4v) is 1.34. The zero-order valence-corrected chi connectivity index (χ0v) is 7.75. The van der Waals surface area contributed by atoms with Crippen LogP contribution in [0, 0.1) is 13.8 Å². The number of H-pyrrole nitrogens is 1. The van der Waals surface area contributed by atoms with Crippen molar-refractivity contribution in [1.82, 2.24) is 19.5 Å². The third kappa shape index (κ3) is 1.04. The molecule has 2 rings (SSSR count). The summed E-state index contributed by atoms with van der Waals surface area (Å²) in [7, 11) is 1.80. The van der Waals surface area contributed by atoms with Crippen LogP contribution in [0.15, 0.2) is 4.79 Å². The van der Waals surface area contributed by atoms with Crippen molar-refractivity contribution < 1.29 is 0 Å². The number of fused-ring (bicyclic) bond motifs is 1. The Balaban J connectivity index is 3.03. The number of aromatic nitrogens is 4. The molecule has 0 amide bonds. The quantitative estimate of drug-likeness (QED) is 0.630. The van der Waals surface area contributed by atoms with Gasteiger partial charge in [-0.05, 0) is 13.8 Å². The van der Waals surface area contributed by atoms with Crippen molar-refractivity contribution in [3.63, 3.8) is 0 Å². The molecule has 0 atom stereocenters. The SMILES string of the molecule is Cc1nc2nc(C)n(C)c2c(=O)[nH]1. The molecule has 0 fully saturated rings. The number of nitrogens with zero attached hydrogens (tertiary/aromatic N) is 3. The number of imidazole rings is 1. The van der Waals surface area contributed by atoms with Gasteiger partial charge in [-0.2, -0.15) is 0 Å². The molecule has 68 valence electrons. The van der Waals surface area contributed by atoms with Crippen molar-refractivity contribution in [2.24, 2.45) is 7.05 Å². The average Bonchev–Trinajstić information content (AvgIpc) is 2.27. The highest BCUT2D eigenvalue weighted by Gasteiger charge is 2.08. The highest BCUT2D eigenvalue weighted by Crippen LogP contribution is 2.06. The first-order valence-corrected chi connectivity index (χ1v) is 3.99. The predicted octanol–water partition coefficient (Wildman–Crippen LogP) is 0.273. The Morgan fingerprint density at radius 1 is 1.31 bits per heavy atom. The molecule has 0 aliphatic carbocycles. The van der Waals surface area contributed by atoms with Crippen LogP contribution in [0.5, 0.6) is 0 Å². The molecule has 2 aromatic heterocycles. The van der Waals surface area contributed by atoms with Crippen LogP contribution >= 0.6 is 0 Å². The van der Waals surface area contributed by atoms with Gasteiger partial charge >= 0.3 is 0 Å². The molecular weight excluding hydrogens is 168 g/mol. The molecule has 0 aliphatic rings. The van der Waals surface area contributed by atoms with Crippen molar-refractivity contribution in [3.8, 4) is 0 Å². The van der Waals surface area contributed by atoms with Gasteiger partial charge in [0, 0.05) is 7.05 Å². The van der Waals surface area contributed by atoms with Gasteiger partial charge in [0.2, 0.25) is 0 Å². The minimum Gasteiger partial charge on any atom is -0.325 e. The summed E-state index contributed by atoms with van der Waals surface area (Å²) in [6.45, 7) is 3.58. The molecule has 5 heteroatoms. The van der Waals surface area contributed by atoms with Crippen LogP contribution in [0.25, 0.3) is 11.2 Å².